The Bertz CT molecular complexity index is 599. The molecule has 1 saturated heterocycles. The highest BCUT2D eigenvalue weighted by atomic mass is 35.5. The van der Waals surface area contributed by atoms with Gasteiger partial charge < -0.3 is 15.0 Å². The van der Waals surface area contributed by atoms with Crippen LogP contribution < -0.4 is 5.32 Å². The average Bonchev–Trinajstić information content (AvgIpc) is 2.69. The molecule has 27 heavy (non-hydrogen) atoms. The molecule has 3 rings (SSSR count). The Balaban J connectivity index is 1.67. The van der Waals surface area contributed by atoms with Crippen LogP contribution in [-0.2, 0) is 16.0 Å². The second-order valence-electron chi connectivity index (χ2n) is 8.29. The van der Waals surface area contributed by atoms with Crippen LogP contribution >= 0.6 is 11.6 Å². The van der Waals surface area contributed by atoms with Gasteiger partial charge in [0, 0.05) is 31.3 Å². The predicted molar refractivity (Wildman–Crippen MR) is 110 cm³/mol. The third-order valence-electron chi connectivity index (χ3n) is 6.06. The molecular weight excluding hydrogens is 360 g/mol. The molecular formula is C22H33ClN2O2. The van der Waals surface area contributed by atoms with Crippen molar-refractivity contribution in [2.75, 3.05) is 20.2 Å². The lowest BCUT2D eigenvalue weighted by atomic mass is 9.91. The van der Waals surface area contributed by atoms with Crippen LogP contribution in [-0.4, -0.2) is 49.2 Å². The zero-order valence-corrected chi connectivity index (χ0v) is 17.4. The summed E-state index contributed by atoms with van der Waals surface area (Å²) in [5, 5.41) is 4.43. The van der Waals surface area contributed by atoms with E-state index in [1.165, 1.54) is 6.42 Å². The zero-order chi connectivity index (χ0) is 19.2. The molecule has 0 bridgehead atoms. The summed E-state index contributed by atoms with van der Waals surface area (Å²) in [6.45, 7) is 4.01. The van der Waals surface area contributed by atoms with Crippen molar-refractivity contribution < 1.29 is 9.53 Å². The zero-order valence-electron chi connectivity index (χ0n) is 16.6. The maximum Gasteiger partial charge on any atom is 0.240 e. The van der Waals surface area contributed by atoms with Crippen LogP contribution in [0.4, 0.5) is 0 Å². The molecule has 150 valence electrons. The molecule has 4 nitrogen and oxygen atoms in total. The number of nitrogens with zero attached hydrogens (tertiary/aromatic N) is 1. The topological polar surface area (TPSA) is 41.6 Å². The molecule has 0 aromatic heterocycles. The number of benzene rings is 1. The van der Waals surface area contributed by atoms with Crippen LogP contribution in [0.2, 0.25) is 5.02 Å². The lowest BCUT2D eigenvalue weighted by molar-refractivity contribution is -0.135. The Labute approximate surface area is 168 Å². The lowest BCUT2D eigenvalue weighted by Gasteiger charge is -2.36. The molecule has 1 amide bonds. The largest absolute Gasteiger partial charge is 0.381 e. The van der Waals surface area contributed by atoms with E-state index >= 15 is 0 Å². The third-order valence-corrected chi connectivity index (χ3v) is 6.32. The van der Waals surface area contributed by atoms with Gasteiger partial charge in [-0.25, -0.2) is 0 Å². The summed E-state index contributed by atoms with van der Waals surface area (Å²) in [7, 11) is 1.79. The van der Waals surface area contributed by atoms with Crippen LogP contribution in [0.3, 0.4) is 0 Å². The number of hydrogen-bond acceptors (Lipinski definition) is 3. The number of nitrogens with one attached hydrogen (secondary N) is 1. The highest BCUT2D eigenvalue weighted by Gasteiger charge is 2.31. The van der Waals surface area contributed by atoms with E-state index in [0.717, 1.165) is 55.8 Å². The molecule has 1 aromatic carbocycles. The maximum absolute atomic E-state index is 13.3. The molecule has 5 heteroatoms. The van der Waals surface area contributed by atoms with Crippen molar-refractivity contribution in [1.29, 1.82) is 0 Å². The van der Waals surface area contributed by atoms with Crippen LogP contribution in [0.25, 0.3) is 0 Å². The van der Waals surface area contributed by atoms with Gasteiger partial charge in [-0.1, -0.05) is 30.7 Å². The smallest absolute Gasteiger partial charge is 0.240 e. The molecule has 1 N–H and O–H groups in total. The van der Waals surface area contributed by atoms with Crippen LogP contribution in [0.15, 0.2) is 24.3 Å². The quantitative estimate of drug-likeness (QED) is 0.793. The normalized spacial score (nSPS) is 27.4. The van der Waals surface area contributed by atoms with E-state index in [2.05, 4.69) is 17.1 Å². The third kappa shape index (κ3) is 5.94. The highest BCUT2D eigenvalue weighted by Crippen LogP contribution is 2.23. The van der Waals surface area contributed by atoms with Gasteiger partial charge in [-0.2, -0.15) is 0 Å². The first-order valence-corrected chi connectivity index (χ1v) is 10.7. The first-order valence-electron chi connectivity index (χ1n) is 10.4. The molecule has 2 fully saturated rings. The number of hydrogen-bond donors (Lipinski definition) is 1. The molecule has 1 aliphatic carbocycles. The van der Waals surface area contributed by atoms with Crippen LogP contribution in [0, 0.1) is 5.92 Å². The van der Waals surface area contributed by atoms with E-state index in [0.29, 0.717) is 24.5 Å². The van der Waals surface area contributed by atoms with Gasteiger partial charge in [0.05, 0.1) is 12.1 Å². The van der Waals surface area contributed by atoms with Gasteiger partial charge in [0.1, 0.15) is 0 Å². The fourth-order valence-electron chi connectivity index (χ4n) is 4.43. The van der Waals surface area contributed by atoms with E-state index in [1.807, 2.05) is 24.3 Å². The SMILES string of the molecule is COC1CCC(N[C@H](Cc2ccc(Cl)cc2)C(=O)N2CCCC(C)C2)CC1. The van der Waals surface area contributed by atoms with Crippen LogP contribution in [0.1, 0.15) is 51.0 Å². The summed E-state index contributed by atoms with van der Waals surface area (Å²) in [5.74, 6) is 0.849. The number of amides is 1. The van der Waals surface area contributed by atoms with Gasteiger partial charge in [0.15, 0.2) is 0 Å². The van der Waals surface area contributed by atoms with Crippen molar-refractivity contribution in [3.8, 4) is 0 Å². The molecule has 2 aliphatic rings. The number of piperidine rings is 1. The second kappa shape index (κ2) is 9.90. The van der Waals surface area contributed by atoms with Crippen molar-refractivity contribution in [3.05, 3.63) is 34.9 Å². The summed E-state index contributed by atoms with van der Waals surface area (Å²) >= 11 is 6.03. The van der Waals surface area contributed by atoms with Gasteiger partial charge in [-0.05, 0) is 68.6 Å². The van der Waals surface area contributed by atoms with Crippen molar-refractivity contribution in [3.63, 3.8) is 0 Å². The highest BCUT2D eigenvalue weighted by molar-refractivity contribution is 6.30. The number of methoxy groups -OCH3 is 1. The Kier molecular flexibility index (Phi) is 7.57. The maximum atomic E-state index is 13.3. The van der Waals surface area contributed by atoms with Crippen molar-refractivity contribution in [2.45, 2.75) is 70.1 Å². The molecule has 1 heterocycles. The van der Waals surface area contributed by atoms with Gasteiger partial charge in [0.2, 0.25) is 5.91 Å². The predicted octanol–water partition coefficient (Wildman–Crippen LogP) is 4.06. The lowest BCUT2D eigenvalue weighted by Crippen LogP contribution is -2.53. The van der Waals surface area contributed by atoms with E-state index < -0.39 is 0 Å². The fraction of sp³-hybridized carbons (Fsp3) is 0.682. The monoisotopic (exact) mass is 392 g/mol. The molecule has 1 unspecified atom stereocenters. The van der Waals surface area contributed by atoms with E-state index in [4.69, 9.17) is 16.3 Å². The first kappa shape index (κ1) is 20.6. The van der Waals surface area contributed by atoms with E-state index in [-0.39, 0.29) is 11.9 Å². The Morgan fingerprint density at radius 3 is 2.56 bits per heavy atom. The van der Waals surface area contributed by atoms with Crippen molar-refractivity contribution in [2.24, 2.45) is 5.92 Å². The Morgan fingerprint density at radius 1 is 1.22 bits per heavy atom. The van der Waals surface area contributed by atoms with Gasteiger partial charge in [0.25, 0.3) is 0 Å². The van der Waals surface area contributed by atoms with Crippen LogP contribution in [0.5, 0.6) is 0 Å². The molecule has 1 aliphatic heterocycles. The number of rotatable bonds is 6. The van der Waals surface area contributed by atoms with Gasteiger partial charge in [-0.15, -0.1) is 0 Å². The fourth-order valence-corrected chi connectivity index (χ4v) is 4.56. The average molecular weight is 393 g/mol. The van der Waals surface area contributed by atoms with Gasteiger partial charge >= 0.3 is 0 Å². The number of ether oxygens (including phenoxy) is 1. The standard InChI is InChI=1S/C22H33ClN2O2/c1-16-4-3-13-25(15-16)22(26)21(14-17-5-7-18(23)8-6-17)24-19-9-11-20(27-2)12-10-19/h5-8,16,19-21,24H,3-4,9-15H2,1-2H3/t16?,19?,20?,21-/m1/s1. The molecule has 2 atom stereocenters. The summed E-state index contributed by atoms with van der Waals surface area (Å²) in [6, 6.07) is 8.10. The molecule has 0 spiro atoms. The number of carbonyl (C=O) groups is 1. The summed E-state index contributed by atoms with van der Waals surface area (Å²) in [5.41, 5.74) is 1.15. The van der Waals surface area contributed by atoms with E-state index in [1.54, 1.807) is 7.11 Å². The Morgan fingerprint density at radius 2 is 1.93 bits per heavy atom. The number of carbonyl (C=O) groups excluding carboxylic acids is 1. The summed E-state index contributed by atoms with van der Waals surface area (Å²) < 4.78 is 5.49. The van der Waals surface area contributed by atoms with Crippen molar-refractivity contribution >= 4 is 17.5 Å². The number of likely N-dealkylation sites (tertiary alicyclic amines) is 1. The molecule has 1 saturated carbocycles. The number of halogens is 1. The minimum absolute atomic E-state index is 0.166. The van der Waals surface area contributed by atoms with E-state index in [9.17, 15) is 4.79 Å². The Hall–Kier alpha value is -1.10. The summed E-state index contributed by atoms with van der Waals surface area (Å²) in [6.07, 6.45) is 7.69. The second-order valence-corrected chi connectivity index (χ2v) is 8.73. The van der Waals surface area contributed by atoms with Crippen molar-refractivity contribution in [1.82, 2.24) is 10.2 Å². The molecule has 1 aromatic rings. The molecule has 0 radical (unpaired) electrons. The first-order chi connectivity index (χ1) is 13.0. The summed E-state index contributed by atoms with van der Waals surface area (Å²) in [4.78, 5) is 15.4. The minimum atomic E-state index is -0.166. The van der Waals surface area contributed by atoms with Gasteiger partial charge in [-0.3, -0.25) is 4.79 Å². The minimum Gasteiger partial charge on any atom is -0.381 e.